The molecule has 2 saturated heterocycles. The molecule has 2 aromatic rings. The number of hydrogen-bond donors (Lipinski definition) is 2. The summed E-state index contributed by atoms with van der Waals surface area (Å²) in [6, 6.07) is 5.03. The topological polar surface area (TPSA) is 67.2 Å². The molecule has 3 atom stereocenters. The molecule has 4 rings (SSSR count). The number of amides is 1. The lowest BCUT2D eigenvalue weighted by molar-refractivity contribution is 0.0935. The van der Waals surface area contributed by atoms with E-state index in [0.29, 0.717) is 22.2 Å². The lowest BCUT2D eigenvalue weighted by Gasteiger charge is -2.20. The van der Waals surface area contributed by atoms with Crippen LogP contribution in [0.1, 0.15) is 28.9 Å². The second-order valence-corrected chi connectivity index (χ2v) is 8.22. The summed E-state index contributed by atoms with van der Waals surface area (Å²) >= 11 is 8.50. The van der Waals surface area contributed by atoms with E-state index in [4.69, 9.17) is 16.0 Å². The second kappa shape index (κ2) is 5.88. The predicted molar refractivity (Wildman–Crippen MR) is 85.8 cm³/mol. The molecule has 8 heteroatoms. The molecule has 3 unspecified atom stereocenters. The number of oxazole rings is 1. The molecule has 5 nitrogen and oxygen atoms in total. The van der Waals surface area contributed by atoms with Crippen LogP contribution in [0.4, 0.5) is 0 Å². The molecule has 1 amide bonds. The predicted octanol–water partition coefficient (Wildman–Crippen LogP) is 3.16. The lowest BCUT2D eigenvalue weighted by atomic mass is 9.95. The van der Waals surface area contributed by atoms with Crippen molar-refractivity contribution in [2.24, 2.45) is 0 Å². The van der Waals surface area contributed by atoms with Crippen molar-refractivity contribution in [2.45, 2.75) is 46.8 Å². The molecular weight excluding hydrogens is 342 g/mol. The van der Waals surface area contributed by atoms with Gasteiger partial charge in [0, 0.05) is 18.1 Å². The van der Waals surface area contributed by atoms with Crippen LogP contribution in [-0.2, 0) is 0 Å². The minimum Gasteiger partial charge on any atom is -0.419 e. The number of hydrogen-bond acceptors (Lipinski definition) is 6. The van der Waals surface area contributed by atoms with Gasteiger partial charge < -0.3 is 15.1 Å². The van der Waals surface area contributed by atoms with Gasteiger partial charge in [0.05, 0.1) is 15.3 Å². The van der Waals surface area contributed by atoms with Crippen LogP contribution >= 0.6 is 34.7 Å². The molecule has 22 heavy (non-hydrogen) atoms. The third-order valence-electron chi connectivity index (χ3n) is 4.07. The number of carbonyl (C=O) groups is 1. The maximum absolute atomic E-state index is 12.3. The number of halogens is 1. The van der Waals surface area contributed by atoms with E-state index in [1.54, 1.807) is 0 Å². The van der Waals surface area contributed by atoms with Gasteiger partial charge in [-0.15, -0.1) is 11.3 Å². The van der Waals surface area contributed by atoms with Gasteiger partial charge in [0.2, 0.25) is 5.22 Å². The third kappa shape index (κ3) is 2.90. The third-order valence-corrected chi connectivity index (χ3v) is 6.32. The zero-order chi connectivity index (χ0) is 15.1. The first-order valence-corrected chi connectivity index (χ1v) is 9.14. The van der Waals surface area contributed by atoms with Crippen LogP contribution in [0.3, 0.4) is 0 Å². The molecule has 116 valence electrons. The summed E-state index contributed by atoms with van der Waals surface area (Å²) < 4.78 is 6.17. The monoisotopic (exact) mass is 355 g/mol. The SMILES string of the molecule is O=C(NC1CC2CCC1N2)c1ccc(Sc2ncc(Cl)o2)s1. The van der Waals surface area contributed by atoms with Crippen molar-refractivity contribution in [3.63, 3.8) is 0 Å². The number of aromatic nitrogens is 1. The van der Waals surface area contributed by atoms with E-state index in [-0.39, 0.29) is 17.2 Å². The van der Waals surface area contributed by atoms with Gasteiger partial charge in [0.1, 0.15) is 0 Å². The highest BCUT2D eigenvalue weighted by molar-refractivity contribution is 8.01. The fourth-order valence-electron chi connectivity index (χ4n) is 3.09. The van der Waals surface area contributed by atoms with E-state index in [9.17, 15) is 4.79 Å². The molecule has 2 N–H and O–H groups in total. The molecule has 2 fully saturated rings. The summed E-state index contributed by atoms with van der Waals surface area (Å²) in [7, 11) is 0. The van der Waals surface area contributed by atoms with Crippen LogP contribution in [0.25, 0.3) is 0 Å². The Kier molecular flexibility index (Phi) is 3.89. The molecular formula is C14H14ClN3O2S2. The van der Waals surface area contributed by atoms with Crippen LogP contribution in [0.15, 0.2) is 32.2 Å². The van der Waals surface area contributed by atoms with E-state index >= 15 is 0 Å². The quantitative estimate of drug-likeness (QED) is 0.881. The number of nitrogens with zero attached hydrogens (tertiary/aromatic N) is 1. The van der Waals surface area contributed by atoms with Gasteiger partial charge in [0.25, 0.3) is 11.1 Å². The summed E-state index contributed by atoms with van der Waals surface area (Å²) in [5, 5.41) is 7.42. The Morgan fingerprint density at radius 1 is 1.50 bits per heavy atom. The number of thiophene rings is 1. The molecule has 0 radical (unpaired) electrons. The van der Waals surface area contributed by atoms with Crippen molar-refractivity contribution in [3.05, 3.63) is 28.4 Å². The number of carbonyl (C=O) groups excluding carboxylic acids is 1. The van der Waals surface area contributed by atoms with Crippen LogP contribution in [-0.4, -0.2) is 29.0 Å². The summed E-state index contributed by atoms with van der Waals surface area (Å²) in [6.45, 7) is 0. The fraction of sp³-hybridized carbons (Fsp3) is 0.429. The number of nitrogens with one attached hydrogen (secondary N) is 2. The van der Waals surface area contributed by atoms with E-state index in [1.165, 1.54) is 35.7 Å². The Labute approximate surface area is 140 Å². The first-order valence-electron chi connectivity index (χ1n) is 7.13. The summed E-state index contributed by atoms with van der Waals surface area (Å²) in [4.78, 5) is 17.1. The van der Waals surface area contributed by atoms with Crippen molar-refractivity contribution >= 4 is 40.6 Å². The minimum absolute atomic E-state index is 0.00152. The zero-order valence-corrected chi connectivity index (χ0v) is 13.9. The summed E-state index contributed by atoms with van der Waals surface area (Å²) in [5.41, 5.74) is 0. The van der Waals surface area contributed by atoms with Gasteiger partial charge >= 0.3 is 0 Å². The van der Waals surface area contributed by atoms with Gasteiger partial charge in [-0.1, -0.05) is 0 Å². The van der Waals surface area contributed by atoms with Crippen LogP contribution in [0.2, 0.25) is 5.22 Å². The van der Waals surface area contributed by atoms with E-state index in [2.05, 4.69) is 15.6 Å². The molecule has 2 aliphatic heterocycles. The molecule has 0 aromatic carbocycles. The van der Waals surface area contributed by atoms with E-state index in [1.807, 2.05) is 12.1 Å². The minimum atomic E-state index is 0.00152. The largest absolute Gasteiger partial charge is 0.419 e. The first kappa shape index (κ1) is 14.6. The molecule has 4 heterocycles. The molecule has 0 spiro atoms. The highest BCUT2D eigenvalue weighted by Gasteiger charge is 2.39. The highest BCUT2D eigenvalue weighted by Crippen LogP contribution is 2.34. The Bertz CT molecular complexity index is 702. The molecule has 2 aromatic heterocycles. The average molecular weight is 356 g/mol. The molecule has 0 aliphatic carbocycles. The van der Waals surface area contributed by atoms with Crippen molar-refractivity contribution in [2.75, 3.05) is 0 Å². The summed E-state index contributed by atoms with van der Waals surface area (Å²) in [6.07, 6.45) is 4.90. The van der Waals surface area contributed by atoms with E-state index in [0.717, 1.165) is 17.1 Å². The smallest absolute Gasteiger partial charge is 0.262 e. The fourth-order valence-corrected chi connectivity index (χ4v) is 5.10. The van der Waals surface area contributed by atoms with Crippen molar-refractivity contribution < 1.29 is 9.21 Å². The van der Waals surface area contributed by atoms with Crippen molar-refractivity contribution in [1.29, 1.82) is 0 Å². The van der Waals surface area contributed by atoms with Gasteiger partial charge in [0.15, 0.2) is 0 Å². The molecule has 0 saturated carbocycles. The van der Waals surface area contributed by atoms with E-state index < -0.39 is 0 Å². The van der Waals surface area contributed by atoms with Crippen molar-refractivity contribution in [1.82, 2.24) is 15.6 Å². The lowest BCUT2D eigenvalue weighted by Crippen LogP contribution is -2.42. The van der Waals surface area contributed by atoms with Gasteiger partial charge in [-0.2, -0.15) is 0 Å². The first-order chi connectivity index (χ1) is 10.7. The standard InChI is InChI=1S/C14H14ClN3O2S2/c15-11-6-16-14(20-11)22-12-4-3-10(21-12)13(19)18-9-5-7-1-2-8(9)17-7/h3-4,6-9,17H,1-2,5H2,(H,18,19). The second-order valence-electron chi connectivity index (χ2n) is 5.51. The average Bonchev–Trinajstić information content (AvgIpc) is 3.24. The maximum Gasteiger partial charge on any atom is 0.262 e. The number of fused-ring (bicyclic) bond motifs is 2. The van der Waals surface area contributed by atoms with Crippen LogP contribution < -0.4 is 10.6 Å². The van der Waals surface area contributed by atoms with Crippen molar-refractivity contribution in [3.8, 4) is 0 Å². The van der Waals surface area contributed by atoms with Crippen LogP contribution in [0.5, 0.6) is 0 Å². The van der Waals surface area contributed by atoms with Gasteiger partial charge in [-0.3, -0.25) is 4.79 Å². The molecule has 2 bridgehead atoms. The van der Waals surface area contributed by atoms with Gasteiger partial charge in [-0.25, -0.2) is 4.98 Å². The molecule has 2 aliphatic rings. The Hall–Kier alpha value is -1.02. The normalized spacial score (nSPS) is 26.5. The van der Waals surface area contributed by atoms with Crippen LogP contribution in [0, 0.1) is 0 Å². The Morgan fingerprint density at radius 2 is 2.41 bits per heavy atom. The van der Waals surface area contributed by atoms with Gasteiger partial charge in [-0.05, 0) is 54.8 Å². The highest BCUT2D eigenvalue weighted by atomic mass is 35.5. The number of rotatable bonds is 4. The Balaban J connectivity index is 1.39. The maximum atomic E-state index is 12.3. The summed E-state index contributed by atoms with van der Waals surface area (Å²) in [5.74, 6) is 0.00152. The zero-order valence-electron chi connectivity index (χ0n) is 11.5. The Morgan fingerprint density at radius 3 is 3.09 bits per heavy atom.